The fourth-order valence-electron chi connectivity index (χ4n) is 5.15. The zero-order chi connectivity index (χ0) is 27.7. The van der Waals surface area contributed by atoms with Crippen LogP contribution in [0.4, 0.5) is 13.2 Å². The number of halogens is 3. The quantitative estimate of drug-likeness (QED) is 0.217. The van der Waals surface area contributed by atoms with Crippen LogP contribution in [-0.2, 0) is 18.4 Å². The molecule has 0 radical (unpaired) electrons. The van der Waals surface area contributed by atoms with Crippen molar-refractivity contribution in [3.8, 4) is 16.9 Å². The van der Waals surface area contributed by atoms with Gasteiger partial charge in [-0.25, -0.2) is 0 Å². The molecule has 7 heteroatoms. The molecule has 202 valence electrons. The van der Waals surface area contributed by atoms with Gasteiger partial charge in [0.2, 0.25) is 0 Å². The molecule has 1 unspecified atom stereocenters. The highest BCUT2D eigenvalue weighted by Gasteiger charge is 2.56. The van der Waals surface area contributed by atoms with Gasteiger partial charge in [0.15, 0.2) is 5.60 Å². The predicted octanol–water partition coefficient (Wildman–Crippen LogP) is 7.20. The minimum absolute atomic E-state index is 0.102. The van der Waals surface area contributed by atoms with Gasteiger partial charge in [0.05, 0.1) is 0 Å². The molecule has 3 aromatic carbocycles. The smallest absolute Gasteiger partial charge is 0.417 e. The summed E-state index contributed by atoms with van der Waals surface area (Å²) in [5.41, 5.74) is -0.101. The van der Waals surface area contributed by atoms with E-state index in [1.165, 1.54) is 6.07 Å². The lowest BCUT2D eigenvalue weighted by molar-refractivity contribution is -0.266. The number of aromatic hydroxyl groups is 1. The molecule has 0 saturated carbocycles. The van der Waals surface area contributed by atoms with Gasteiger partial charge in [-0.1, -0.05) is 63.2 Å². The zero-order valence-electron chi connectivity index (χ0n) is 22.2. The molecule has 0 aliphatic carbocycles. The van der Waals surface area contributed by atoms with Crippen LogP contribution < -0.4 is 0 Å². The number of alkyl halides is 3. The molecule has 38 heavy (non-hydrogen) atoms. The minimum atomic E-state index is -4.89. The lowest BCUT2D eigenvalue weighted by atomic mass is 9.72. The van der Waals surface area contributed by atoms with Gasteiger partial charge >= 0.3 is 6.18 Å². The van der Waals surface area contributed by atoms with Crippen LogP contribution in [0.5, 0.6) is 5.75 Å². The standard InChI is InChI=1S/C31H35F3N2O2/c1-5-36(4)19-21-11-13-27-24(15-21)16-25(35-27)18-30(38,31(32,33)34)20-29(2,3)26-17-23(12-14-28(26)37)22-9-7-6-8-10-22/h6-17,35,37-38H,5,18-20H2,1-4H3. The summed E-state index contributed by atoms with van der Waals surface area (Å²) < 4.78 is 43.4. The lowest BCUT2D eigenvalue weighted by Gasteiger charge is -2.38. The second-order valence-corrected chi connectivity index (χ2v) is 10.9. The third-order valence-corrected chi connectivity index (χ3v) is 7.31. The van der Waals surface area contributed by atoms with Gasteiger partial charge in [0.1, 0.15) is 5.75 Å². The molecule has 4 nitrogen and oxygen atoms in total. The number of fused-ring (bicyclic) bond motifs is 1. The molecule has 0 fully saturated rings. The van der Waals surface area contributed by atoms with E-state index in [-0.39, 0.29) is 5.75 Å². The van der Waals surface area contributed by atoms with Crippen molar-refractivity contribution in [3.05, 3.63) is 89.6 Å². The fraction of sp³-hybridized carbons (Fsp3) is 0.355. The predicted molar refractivity (Wildman–Crippen MR) is 146 cm³/mol. The number of phenolic OH excluding ortho intramolecular Hbond substituents is 1. The summed E-state index contributed by atoms with van der Waals surface area (Å²) >= 11 is 0. The summed E-state index contributed by atoms with van der Waals surface area (Å²) in [5, 5.41) is 22.6. The van der Waals surface area contributed by atoms with Gasteiger partial charge in [-0.2, -0.15) is 13.2 Å². The summed E-state index contributed by atoms with van der Waals surface area (Å²) in [6, 6.07) is 21.8. The summed E-state index contributed by atoms with van der Waals surface area (Å²) in [7, 11) is 2.01. The normalized spacial score (nSPS) is 14.2. The molecule has 3 N–H and O–H groups in total. The van der Waals surface area contributed by atoms with Crippen LogP contribution in [0.25, 0.3) is 22.0 Å². The molecule has 0 amide bonds. The van der Waals surface area contributed by atoms with E-state index in [1.807, 2.05) is 55.6 Å². The van der Waals surface area contributed by atoms with Crippen molar-refractivity contribution < 1.29 is 23.4 Å². The number of H-pyrrole nitrogens is 1. The maximum atomic E-state index is 14.5. The van der Waals surface area contributed by atoms with Crippen molar-refractivity contribution in [2.45, 2.75) is 57.3 Å². The Hall–Kier alpha value is -3.29. The maximum absolute atomic E-state index is 14.5. The largest absolute Gasteiger partial charge is 0.508 e. The Morgan fingerprint density at radius 2 is 1.61 bits per heavy atom. The van der Waals surface area contributed by atoms with E-state index in [4.69, 9.17) is 0 Å². The Morgan fingerprint density at radius 1 is 0.895 bits per heavy atom. The van der Waals surface area contributed by atoms with E-state index in [1.54, 1.807) is 32.0 Å². The number of hydrogen-bond acceptors (Lipinski definition) is 3. The molecule has 1 heterocycles. The van der Waals surface area contributed by atoms with Crippen molar-refractivity contribution >= 4 is 10.9 Å². The Labute approximate surface area is 221 Å². The number of nitrogens with zero attached hydrogens (tertiary/aromatic N) is 1. The number of hydrogen-bond donors (Lipinski definition) is 3. The van der Waals surface area contributed by atoms with Crippen LogP contribution in [0.3, 0.4) is 0 Å². The average molecular weight is 525 g/mol. The van der Waals surface area contributed by atoms with Crippen molar-refractivity contribution in [3.63, 3.8) is 0 Å². The summed E-state index contributed by atoms with van der Waals surface area (Å²) in [6.07, 6.45) is -6.14. The molecular formula is C31H35F3N2O2. The topological polar surface area (TPSA) is 59.5 Å². The Morgan fingerprint density at radius 3 is 2.26 bits per heavy atom. The van der Waals surface area contributed by atoms with Crippen molar-refractivity contribution in [2.75, 3.05) is 13.6 Å². The Bertz CT molecular complexity index is 1400. The van der Waals surface area contributed by atoms with E-state index < -0.39 is 30.0 Å². The first-order valence-corrected chi connectivity index (χ1v) is 12.8. The first-order valence-electron chi connectivity index (χ1n) is 12.8. The second-order valence-electron chi connectivity index (χ2n) is 10.9. The van der Waals surface area contributed by atoms with E-state index in [2.05, 4.69) is 16.8 Å². The molecule has 0 spiro atoms. The number of aromatic amines is 1. The van der Waals surface area contributed by atoms with Crippen molar-refractivity contribution in [1.29, 1.82) is 0 Å². The highest BCUT2D eigenvalue weighted by atomic mass is 19.4. The molecule has 0 saturated heterocycles. The van der Waals surface area contributed by atoms with Gasteiger partial charge < -0.3 is 20.1 Å². The molecule has 1 atom stereocenters. The zero-order valence-corrected chi connectivity index (χ0v) is 22.2. The van der Waals surface area contributed by atoms with E-state index in [9.17, 15) is 23.4 Å². The number of phenols is 1. The number of nitrogens with one attached hydrogen (secondary N) is 1. The van der Waals surface area contributed by atoms with Crippen molar-refractivity contribution in [1.82, 2.24) is 9.88 Å². The van der Waals surface area contributed by atoms with Gasteiger partial charge in [0.25, 0.3) is 0 Å². The van der Waals surface area contributed by atoms with Gasteiger partial charge in [-0.05, 0) is 77.8 Å². The number of rotatable bonds is 9. The summed E-state index contributed by atoms with van der Waals surface area (Å²) in [4.78, 5) is 5.20. The SMILES string of the molecule is CCN(C)Cc1ccc2[nH]c(CC(O)(CC(C)(C)c3cc(-c4ccccc4)ccc3O)C(F)(F)F)cc2c1. The first kappa shape index (κ1) is 27.7. The van der Waals surface area contributed by atoms with Crippen LogP contribution >= 0.6 is 0 Å². The molecule has 4 aromatic rings. The van der Waals surface area contributed by atoms with Gasteiger partial charge in [0, 0.05) is 29.7 Å². The first-order chi connectivity index (χ1) is 17.8. The molecule has 0 bridgehead atoms. The molecule has 0 aliphatic heterocycles. The molecule has 1 aromatic heterocycles. The average Bonchev–Trinajstić information content (AvgIpc) is 3.24. The summed E-state index contributed by atoms with van der Waals surface area (Å²) in [6.45, 7) is 6.92. The summed E-state index contributed by atoms with van der Waals surface area (Å²) in [5.74, 6) is -0.102. The maximum Gasteiger partial charge on any atom is 0.417 e. The number of aliphatic hydroxyl groups is 1. The van der Waals surface area contributed by atoms with E-state index >= 15 is 0 Å². The lowest BCUT2D eigenvalue weighted by Crippen LogP contribution is -2.50. The van der Waals surface area contributed by atoms with Crippen molar-refractivity contribution in [2.24, 2.45) is 0 Å². The third-order valence-electron chi connectivity index (χ3n) is 7.31. The number of aromatic nitrogens is 1. The van der Waals surface area contributed by atoms with E-state index in [0.29, 0.717) is 11.3 Å². The second kappa shape index (κ2) is 10.5. The van der Waals surface area contributed by atoms with Gasteiger partial charge in [-0.15, -0.1) is 0 Å². The van der Waals surface area contributed by atoms with Gasteiger partial charge in [-0.3, -0.25) is 0 Å². The van der Waals surface area contributed by atoms with Crippen LogP contribution in [0.1, 0.15) is 44.0 Å². The minimum Gasteiger partial charge on any atom is -0.508 e. The molecule has 0 aliphatic rings. The van der Waals surface area contributed by atoms with Crippen LogP contribution in [0.2, 0.25) is 0 Å². The Balaban J connectivity index is 1.65. The highest BCUT2D eigenvalue weighted by molar-refractivity contribution is 5.81. The monoisotopic (exact) mass is 524 g/mol. The Kier molecular flexibility index (Phi) is 7.64. The van der Waals surface area contributed by atoms with Crippen LogP contribution in [-0.4, -0.2) is 45.5 Å². The molecular weight excluding hydrogens is 489 g/mol. The number of benzene rings is 3. The third kappa shape index (κ3) is 5.89. The van der Waals surface area contributed by atoms with E-state index in [0.717, 1.165) is 40.7 Å². The van der Waals surface area contributed by atoms with Crippen LogP contribution in [0, 0.1) is 0 Å². The fourth-order valence-corrected chi connectivity index (χ4v) is 5.15. The molecule has 4 rings (SSSR count). The highest BCUT2D eigenvalue weighted by Crippen LogP contribution is 2.45. The van der Waals surface area contributed by atoms with Crippen LogP contribution in [0.15, 0.2) is 72.8 Å².